The molecule has 0 atom stereocenters. The van der Waals surface area contributed by atoms with E-state index in [1.165, 1.54) is 13.1 Å². The van der Waals surface area contributed by atoms with Gasteiger partial charge in [-0.1, -0.05) is 6.92 Å². The van der Waals surface area contributed by atoms with Gasteiger partial charge in [0.1, 0.15) is 0 Å². The van der Waals surface area contributed by atoms with Gasteiger partial charge in [0.25, 0.3) is 5.91 Å². The summed E-state index contributed by atoms with van der Waals surface area (Å²) in [5.41, 5.74) is 0.743. The molecule has 1 N–H and O–H groups in total. The first-order valence-corrected chi connectivity index (χ1v) is 8.75. The van der Waals surface area contributed by atoms with Crippen LogP contribution < -0.4 is 5.32 Å². The molecule has 21 heavy (non-hydrogen) atoms. The van der Waals surface area contributed by atoms with E-state index < -0.39 is 0 Å². The zero-order valence-electron chi connectivity index (χ0n) is 12.6. The Morgan fingerprint density at radius 3 is 2.38 bits per heavy atom. The van der Waals surface area contributed by atoms with Crippen molar-refractivity contribution in [3.8, 4) is 0 Å². The number of benzene rings is 1. The van der Waals surface area contributed by atoms with E-state index in [0.717, 1.165) is 48.3 Å². The number of carbonyl (C=O) groups is 1. The van der Waals surface area contributed by atoms with Gasteiger partial charge in [-0.2, -0.15) is 0 Å². The van der Waals surface area contributed by atoms with Gasteiger partial charge in [0.15, 0.2) is 0 Å². The zero-order chi connectivity index (χ0) is 15.1. The number of hydrogen-bond donors (Lipinski definition) is 1. The Bertz CT molecular complexity index is 441. The lowest BCUT2D eigenvalue weighted by Gasteiger charge is -2.33. The van der Waals surface area contributed by atoms with Crippen LogP contribution in [-0.2, 0) is 0 Å². The minimum absolute atomic E-state index is 0.0298. The van der Waals surface area contributed by atoms with E-state index >= 15 is 0 Å². The Morgan fingerprint density at radius 1 is 1.14 bits per heavy atom. The summed E-state index contributed by atoms with van der Waals surface area (Å²) in [7, 11) is 0. The minimum Gasteiger partial charge on any atom is -0.352 e. The molecule has 1 aliphatic rings. The van der Waals surface area contributed by atoms with E-state index in [9.17, 15) is 4.79 Å². The molecule has 0 radical (unpaired) electrons. The average Bonchev–Trinajstić information content (AvgIpc) is 2.52. The summed E-state index contributed by atoms with van der Waals surface area (Å²) >= 11 is 2.24. The van der Waals surface area contributed by atoms with Crippen LogP contribution in [0.5, 0.6) is 0 Å². The molecule has 1 fully saturated rings. The highest BCUT2D eigenvalue weighted by atomic mass is 127. The van der Waals surface area contributed by atoms with Gasteiger partial charge >= 0.3 is 0 Å². The Hall–Kier alpha value is -0.660. The van der Waals surface area contributed by atoms with Gasteiger partial charge in [0.05, 0.1) is 0 Å². The number of hydrogen-bond acceptors (Lipinski definition) is 3. The number of likely N-dealkylation sites (N-methyl/N-ethyl adjacent to an activating group) is 1. The maximum absolute atomic E-state index is 12.0. The summed E-state index contributed by atoms with van der Waals surface area (Å²) < 4.78 is 1.15. The fourth-order valence-corrected chi connectivity index (χ4v) is 2.90. The summed E-state index contributed by atoms with van der Waals surface area (Å²) in [4.78, 5) is 16.9. The number of nitrogens with zero attached hydrogens (tertiary/aromatic N) is 2. The Kier molecular flexibility index (Phi) is 6.92. The normalized spacial score (nSPS) is 16.9. The zero-order valence-corrected chi connectivity index (χ0v) is 14.8. The summed E-state index contributed by atoms with van der Waals surface area (Å²) in [5, 5.41) is 3.00. The van der Waals surface area contributed by atoms with Crippen molar-refractivity contribution < 1.29 is 4.79 Å². The van der Waals surface area contributed by atoms with Crippen LogP contribution in [0.25, 0.3) is 0 Å². The van der Waals surface area contributed by atoms with Crippen molar-refractivity contribution in [2.24, 2.45) is 0 Å². The van der Waals surface area contributed by atoms with Crippen molar-refractivity contribution in [3.05, 3.63) is 33.4 Å². The monoisotopic (exact) mass is 401 g/mol. The molecule has 0 aromatic heterocycles. The van der Waals surface area contributed by atoms with E-state index in [4.69, 9.17) is 0 Å². The van der Waals surface area contributed by atoms with E-state index in [0.29, 0.717) is 0 Å². The van der Waals surface area contributed by atoms with E-state index in [-0.39, 0.29) is 5.91 Å². The molecule has 1 saturated heterocycles. The maximum atomic E-state index is 12.0. The molecule has 1 aromatic carbocycles. The molecule has 0 unspecified atom stereocenters. The SMILES string of the molecule is CCN1CCN(CCCNC(=O)c2ccc(I)cc2)CC1. The number of rotatable bonds is 6. The van der Waals surface area contributed by atoms with Crippen molar-refractivity contribution in [2.75, 3.05) is 45.8 Å². The summed E-state index contributed by atoms with van der Waals surface area (Å²) in [6.45, 7) is 9.84. The highest BCUT2D eigenvalue weighted by molar-refractivity contribution is 14.1. The predicted molar refractivity (Wildman–Crippen MR) is 94.7 cm³/mol. The first kappa shape index (κ1) is 16.7. The average molecular weight is 401 g/mol. The topological polar surface area (TPSA) is 35.6 Å². The van der Waals surface area contributed by atoms with Gasteiger partial charge in [-0.25, -0.2) is 0 Å². The molecule has 4 nitrogen and oxygen atoms in total. The van der Waals surface area contributed by atoms with Crippen LogP contribution in [0.15, 0.2) is 24.3 Å². The van der Waals surface area contributed by atoms with Gasteiger partial charge in [-0.3, -0.25) is 4.79 Å². The lowest BCUT2D eigenvalue weighted by atomic mass is 10.2. The fraction of sp³-hybridized carbons (Fsp3) is 0.562. The Balaban J connectivity index is 1.61. The van der Waals surface area contributed by atoms with E-state index in [2.05, 4.69) is 44.6 Å². The molecule has 2 rings (SSSR count). The smallest absolute Gasteiger partial charge is 0.251 e. The molecule has 5 heteroatoms. The molecule has 1 aromatic rings. The van der Waals surface area contributed by atoms with Gasteiger partial charge in [-0.05, 0) is 66.4 Å². The summed E-state index contributed by atoms with van der Waals surface area (Å²) in [6, 6.07) is 7.67. The fourth-order valence-electron chi connectivity index (χ4n) is 2.54. The lowest BCUT2D eigenvalue weighted by molar-refractivity contribution is 0.0948. The molecule has 0 bridgehead atoms. The third-order valence-corrected chi connectivity index (χ3v) is 4.67. The molecule has 0 aliphatic carbocycles. The molecule has 1 aliphatic heterocycles. The summed E-state index contributed by atoms with van der Waals surface area (Å²) in [6.07, 6.45) is 1.02. The van der Waals surface area contributed by atoms with Crippen molar-refractivity contribution in [1.29, 1.82) is 0 Å². The molecule has 0 spiro atoms. The van der Waals surface area contributed by atoms with Crippen LogP contribution >= 0.6 is 22.6 Å². The molecule has 1 amide bonds. The highest BCUT2D eigenvalue weighted by Gasteiger charge is 2.14. The van der Waals surface area contributed by atoms with Crippen molar-refractivity contribution in [1.82, 2.24) is 15.1 Å². The Labute approximate surface area is 141 Å². The number of carbonyl (C=O) groups excluding carboxylic acids is 1. The van der Waals surface area contributed by atoms with Crippen LogP contribution in [0.4, 0.5) is 0 Å². The lowest BCUT2D eigenvalue weighted by Crippen LogP contribution is -2.46. The second kappa shape index (κ2) is 8.70. The first-order valence-electron chi connectivity index (χ1n) is 7.67. The highest BCUT2D eigenvalue weighted by Crippen LogP contribution is 2.06. The van der Waals surface area contributed by atoms with Gasteiger partial charge in [0, 0.05) is 41.9 Å². The number of nitrogens with one attached hydrogen (secondary N) is 1. The molecule has 116 valence electrons. The van der Waals surface area contributed by atoms with Gasteiger partial charge < -0.3 is 15.1 Å². The second-order valence-electron chi connectivity index (χ2n) is 5.39. The number of piperazine rings is 1. The Morgan fingerprint density at radius 2 is 1.76 bits per heavy atom. The van der Waals surface area contributed by atoms with Crippen molar-refractivity contribution >= 4 is 28.5 Å². The third kappa shape index (κ3) is 5.56. The molecular weight excluding hydrogens is 377 g/mol. The van der Waals surface area contributed by atoms with E-state index in [1.807, 2.05) is 24.3 Å². The minimum atomic E-state index is 0.0298. The molecule has 0 saturated carbocycles. The molecule has 1 heterocycles. The standard InChI is InChI=1S/C16H24IN3O/c1-2-19-10-12-20(13-11-19)9-3-8-18-16(21)14-4-6-15(17)7-5-14/h4-7H,2-3,8-13H2,1H3,(H,18,21). The third-order valence-electron chi connectivity index (χ3n) is 3.96. The van der Waals surface area contributed by atoms with Gasteiger partial charge in [0.2, 0.25) is 0 Å². The maximum Gasteiger partial charge on any atom is 0.251 e. The van der Waals surface area contributed by atoms with Crippen LogP contribution in [0.3, 0.4) is 0 Å². The summed E-state index contributed by atoms with van der Waals surface area (Å²) in [5.74, 6) is 0.0298. The number of amides is 1. The largest absolute Gasteiger partial charge is 0.352 e. The number of halogens is 1. The second-order valence-corrected chi connectivity index (χ2v) is 6.64. The van der Waals surface area contributed by atoms with Crippen LogP contribution in [-0.4, -0.2) is 61.5 Å². The predicted octanol–water partition coefficient (Wildman–Crippen LogP) is 2.05. The van der Waals surface area contributed by atoms with Crippen LogP contribution in [0, 0.1) is 3.57 Å². The quantitative estimate of drug-likeness (QED) is 0.586. The van der Waals surface area contributed by atoms with E-state index in [1.54, 1.807) is 0 Å². The van der Waals surface area contributed by atoms with Crippen LogP contribution in [0.1, 0.15) is 23.7 Å². The first-order chi connectivity index (χ1) is 10.2. The van der Waals surface area contributed by atoms with Crippen molar-refractivity contribution in [3.63, 3.8) is 0 Å². The van der Waals surface area contributed by atoms with Crippen LogP contribution in [0.2, 0.25) is 0 Å². The van der Waals surface area contributed by atoms with Crippen molar-refractivity contribution in [2.45, 2.75) is 13.3 Å². The van der Waals surface area contributed by atoms with Gasteiger partial charge in [-0.15, -0.1) is 0 Å². The molecular formula is C16H24IN3O.